The van der Waals surface area contributed by atoms with Crippen molar-refractivity contribution in [3.05, 3.63) is 48.0 Å². The molecule has 18 heavy (non-hydrogen) atoms. The Balaban J connectivity index is 1.98. The van der Waals surface area contributed by atoms with E-state index in [9.17, 15) is 0 Å². The van der Waals surface area contributed by atoms with Crippen LogP contribution < -0.4 is 14.2 Å². The molecule has 0 aromatic heterocycles. The molecule has 2 aromatic carbocycles. The minimum atomic E-state index is 0.215. The highest BCUT2D eigenvalue weighted by atomic mass is 35.5. The maximum absolute atomic E-state index is 5.85. The second-order valence-electron chi connectivity index (χ2n) is 3.88. The molecule has 0 radical (unpaired) electrons. The molecule has 0 bridgehead atoms. The minimum absolute atomic E-state index is 0.215. The Morgan fingerprint density at radius 2 is 1.94 bits per heavy atom. The van der Waals surface area contributed by atoms with E-state index in [0.717, 1.165) is 11.3 Å². The summed E-state index contributed by atoms with van der Waals surface area (Å²) in [5.41, 5.74) is 0.937. The van der Waals surface area contributed by atoms with Crippen LogP contribution in [0.15, 0.2) is 42.5 Å². The number of alkyl halides is 1. The Bertz CT molecular complexity index is 554. The molecule has 0 atom stereocenters. The van der Waals surface area contributed by atoms with Gasteiger partial charge >= 0.3 is 0 Å². The first-order valence-corrected chi connectivity index (χ1v) is 6.11. The van der Waals surface area contributed by atoms with Gasteiger partial charge in [0.1, 0.15) is 5.75 Å². The SMILES string of the molecule is ClCc1cc2c(c(Oc3ccccc3)c1)OCO2. The van der Waals surface area contributed by atoms with E-state index in [4.69, 9.17) is 25.8 Å². The predicted octanol–water partition coefficient (Wildman–Crippen LogP) is 3.95. The molecule has 3 nitrogen and oxygen atoms in total. The van der Waals surface area contributed by atoms with Gasteiger partial charge in [-0.05, 0) is 29.8 Å². The number of hydrogen-bond acceptors (Lipinski definition) is 3. The summed E-state index contributed by atoms with van der Waals surface area (Å²) in [6.07, 6.45) is 0. The number of rotatable bonds is 3. The molecule has 0 N–H and O–H groups in total. The van der Waals surface area contributed by atoms with Crippen molar-refractivity contribution in [2.45, 2.75) is 5.88 Å². The van der Waals surface area contributed by atoms with Gasteiger partial charge in [-0.3, -0.25) is 0 Å². The zero-order valence-electron chi connectivity index (χ0n) is 9.56. The molecule has 0 unspecified atom stereocenters. The van der Waals surface area contributed by atoms with Gasteiger partial charge in [-0.25, -0.2) is 0 Å². The Hall–Kier alpha value is -1.87. The van der Waals surface area contributed by atoms with Crippen LogP contribution in [0.1, 0.15) is 5.56 Å². The summed E-state index contributed by atoms with van der Waals surface area (Å²) in [6.45, 7) is 0.215. The Morgan fingerprint density at radius 1 is 1.11 bits per heavy atom. The van der Waals surface area contributed by atoms with E-state index in [1.54, 1.807) is 0 Å². The van der Waals surface area contributed by atoms with Crippen LogP contribution in [-0.4, -0.2) is 6.79 Å². The zero-order chi connectivity index (χ0) is 12.4. The second kappa shape index (κ2) is 4.78. The predicted molar refractivity (Wildman–Crippen MR) is 68.6 cm³/mol. The maximum Gasteiger partial charge on any atom is 0.231 e. The zero-order valence-corrected chi connectivity index (χ0v) is 10.3. The highest BCUT2D eigenvalue weighted by Crippen LogP contribution is 2.43. The highest BCUT2D eigenvalue weighted by Gasteiger charge is 2.20. The van der Waals surface area contributed by atoms with E-state index >= 15 is 0 Å². The van der Waals surface area contributed by atoms with Crippen LogP contribution in [-0.2, 0) is 5.88 Å². The fourth-order valence-corrected chi connectivity index (χ4v) is 1.96. The van der Waals surface area contributed by atoms with Gasteiger partial charge < -0.3 is 14.2 Å². The smallest absolute Gasteiger partial charge is 0.231 e. The second-order valence-corrected chi connectivity index (χ2v) is 4.14. The first kappa shape index (κ1) is 11.2. The van der Waals surface area contributed by atoms with Crippen LogP contribution in [0.5, 0.6) is 23.0 Å². The summed E-state index contributed by atoms with van der Waals surface area (Å²) >= 11 is 5.85. The van der Waals surface area contributed by atoms with Crippen LogP contribution in [0.2, 0.25) is 0 Å². The van der Waals surface area contributed by atoms with Gasteiger partial charge in [0.15, 0.2) is 11.5 Å². The van der Waals surface area contributed by atoms with Crippen molar-refractivity contribution in [3.8, 4) is 23.0 Å². The van der Waals surface area contributed by atoms with Gasteiger partial charge in [0.25, 0.3) is 0 Å². The number of halogens is 1. The number of hydrogen-bond donors (Lipinski definition) is 0. The molecule has 0 spiro atoms. The fourth-order valence-electron chi connectivity index (χ4n) is 1.80. The molecule has 92 valence electrons. The lowest BCUT2D eigenvalue weighted by atomic mass is 10.2. The standard InChI is InChI=1S/C14H11ClO3/c15-8-10-6-12-14(17-9-16-12)13(7-10)18-11-4-2-1-3-5-11/h1-7H,8-9H2. The van der Waals surface area contributed by atoms with Crippen molar-refractivity contribution in [1.29, 1.82) is 0 Å². The topological polar surface area (TPSA) is 27.7 Å². The summed E-state index contributed by atoms with van der Waals surface area (Å²) in [7, 11) is 0. The van der Waals surface area contributed by atoms with Crippen LogP contribution in [0.25, 0.3) is 0 Å². The number of para-hydroxylation sites is 1. The normalized spacial score (nSPS) is 12.5. The van der Waals surface area contributed by atoms with Gasteiger partial charge in [0.2, 0.25) is 12.5 Å². The molecular formula is C14H11ClO3. The lowest BCUT2D eigenvalue weighted by Gasteiger charge is -2.09. The first-order chi connectivity index (χ1) is 8.86. The molecule has 1 heterocycles. The molecule has 0 amide bonds. The van der Waals surface area contributed by atoms with Crippen LogP contribution in [0.4, 0.5) is 0 Å². The van der Waals surface area contributed by atoms with Crippen molar-refractivity contribution in [1.82, 2.24) is 0 Å². The van der Waals surface area contributed by atoms with Crippen LogP contribution in [0, 0.1) is 0 Å². The molecule has 1 aliphatic heterocycles. The van der Waals surface area contributed by atoms with Crippen molar-refractivity contribution < 1.29 is 14.2 Å². The molecular weight excluding hydrogens is 252 g/mol. The monoisotopic (exact) mass is 262 g/mol. The van der Waals surface area contributed by atoms with Gasteiger partial charge in [0.05, 0.1) is 0 Å². The summed E-state index contributed by atoms with van der Waals surface area (Å²) in [5.74, 6) is 3.10. The molecule has 0 aliphatic carbocycles. The third kappa shape index (κ3) is 2.09. The van der Waals surface area contributed by atoms with E-state index in [2.05, 4.69) is 0 Å². The van der Waals surface area contributed by atoms with E-state index in [1.807, 2.05) is 42.5 Å². The van der Waals surface area contributed by atoms with Crippen molar-refractivity contribution in [3.63, 3.8) is 0 Å². The minimum Gasteiger partial charge on any atom is -0.453 e. The van der Waals surface area contributed by atoms with Gasteiger partial charge in [-0.2, -0.15) is 0 Å². The molecule has 1 aliphatic rings. The molecule has 0 fully saturated rings. The van der Waals surface area contributed by atoms with E-state index < -0.39 is 0 Å². The molecule has 0 saturated heterocycles. The van der Waals surface area contributed by atoms with Crippen molar-refractivity contribution in [2.75, 3.05) is 6.79 Å². The van der Waals surface area contributed by atoms with Crippen LogP contribution in [0.3, 0.4) is 0 Å². The molecule has 0 saturated carbocycles. The Kier molecular flexibility index (Phi) is 2.99. The maximum atomic E-state index is 5.85. The summed E-state index contributed by atoms with van der Waals surface area (Å²) in [5, 5.41) is 0. The van der Waals surface area contributed by atoms with E-state index in [1.165, 1.54) is 0 Å². The first-order valence-electron chi connectivity index (χ1n) is 5.58. The fraction of sp³-hybridized carbons (Fsp3) is 0.143. The summed E-state index contributed by atoms with van der Waals surface area (Å²) in [6, 6.07) is 13.3. The largest absolute Gasteiger partial charge is 0.453 e. The average molecular weight is 263 g/mol. The van der Waals surface area contributed by atoms with Gasteiger partial charge in [0, 0.05) is 5.88 Å². The van der Waals surface area contributed by atoms with E-state index in [0.29, 0.717) is 23.1 Å². The van der Waals surface area contributed by atoms with Crippen molar-refractivity contribution >= 4 is 11.6 Å². The summed E-state index contributed by atoms with van der Waals surface area (Å²) in [4.78, 5) is 0. The third-order valence-corrected chi connectivity index (χ3v) is 2.93. The van der Waals surface area contributed by atoms with Crippen LogP contribution >= 0.6 is 11.6 Å². The van der Waals surface area contributed by atoms with Crippen molar-refractivity contribution in [2.24, 2.45) is 0 Å². The van der Waals surface area contributed by atoms with Gasteiger partial charge in [-0.1, -0.05) is 18.2 Å². The summed E-state index contributed by atoms with van der Waals surface area (Å²) < 4.78 is 16.6. The highest BCUT2D eigenvalue weighted by molar-refractivity contribution is 6.17. The third-order valence-electron chi connectivity index (χ3n) is 2.62. The van der Waals surface area contributed by atoms with Gasteiger partial charge in [-0.15, -0.1) is 11.6 Å². The van der Waals surface area contributed by atoms with E-state index in [-0.39, 0.29) is 6.79 Å². The lowest BCUT2D eigenvalue weighted by Crippen LogP contribution is -1.93. The number of benzene rings is 2. The molecule has 3 rings (SSSR count). The number of fused-ring (bicyclic) bond motifs is 1. The number of ether oxygens (including phenoxy) is 3. The Labute approximate surface area is 110 Å². The molecule has 2 aromatic rings. The molecule has 4 heteroatoms. The lowest BCUT2D eigenvalue weighted by molar-refractivity contribution is 0.172. The Morgan fingerprint density at radius 3 is 2.72 bits per heavy atom. The quantitative estimate of drug-likeness (QED) is 0.784. The average Bonchev–Trinajstić information content (AvgIpc) is 2.88.